The van der Waals surface area contributed by atoms with Crippen LogP contribution in [0.5, 0.6) is 17.2 Å². The van der Waals surface area contributed by atoms with E-state index in [1.807, 2.05) is 24.3 Å². The van der Waals surface area contributed by atoms with Gasteiger partial charge in [-0.2, -0.15) is 0 Å². The molecule has 0 saturated carbocycles. The highest BCUT2D eigenvalue weighted by atomic mass is 35.5. The molecule has 0 bridgehead atoms. The van der Waals surface area contributed by atoms with Gasteiger partial charge in [-0.3, -0.25) is 0 Å². The lowest BCUT2D eigenvalue weighted by molar-refractivity contribution is -0.134. The molecule has 0 aliphatic rings. The maximum absolute atomic E-state index is 11.3. The van der Waals surface area contributed by atoms with E-state index in [4.69, 9.17) is 25.8 Å². The van der Waals surface area contributed by atoms with Crippen LogP contribution in [-0.4, -0.2) is 37.8 Å². The Morgan fingerprint density at radius 3 is 2.47 bits per heavy atom. The molecule has 0 aromatic heterocycles. The summed E-state index contributed by atoms with van der Waals surface area (Å²) < 4.78 is 21.8. The topological polar surface area (TPSA) is 74.2 Å². The first-order chi connectivity index (χ1) is 15.6. The second-order valence-electron chi connectivity index (χ2n) is 7.15. The van der Waals surface area contributed by atoms with E-state index in [1.54, 1.807) is 25.3 Å². The first-order valence-corrected chi connectivity index (χ1v) is 11.1. The highest BCUT2D eigenvalue weighted by molar-refractivity contribution is 6.17. The zero-order chi connectivity index (χ0) is 23.2. The molecule has 32 heavy (non-hydrogen) atoms. The van der Waals surface area contributed by atoms with Gasteiger partial charge >= 0.3 is 5.97 Å². The lowest BCUT2D eigenvalue weighted by Crippen LogP contribution is -2.02. The number of carbonyl (C=O) groups is 1. The summed E-state index contributed by atoms with van der Waals surface area (Å²) in [5.41, 5.74) is 2.42. The molecule has 2 aromatic carbocycles. The lowest BCUT2D eigenvalue weighted by atomic mass is 10.1. The van der Waals surface area contributed by atoms with Crippen molar-refractivity contribution in [3.63, 3.8) is 0 Å². The summed E-state index contributed by atoms with van der Waals surface area (Å²) in [6.45, 7) is 0.823. The molecule has 2 rings (SSSR count). The monoisotopic (exact) mass is 462 g/mol. The number of unbranched alkanes of at least 4 members (excludes halogenated alkanes) is 3. The number of ether oxygens (including phenoxy) is 4. The summed E-state index contributed by atoms with van der Waals surface area (Å²) in [6.07, 6.45) is 7.14. The van der Waals surface area contributed by atoms with Crippen molar-refractivity contribution in [2.45, 2.75) is 38.9 Å². The van der Waals surface area contributed by atoms with Crippen LogP contribution < -0.4 is 14.2 Å². The molecule has 0 unspecified atom stereocenters. The van der Waals surface area contributed by atoms with Gasteiger partial charge in [-0.05, 0) is 65.9 Å². The standard InChI is InChI=1S/C25H31ClO6/c1-29-24-16-19(8-10-25(28)30-2)7-9-23(24)32-18-21-13-20(17-27)14-22(15-21)31-12-6-4-3-5-11-26/h7-10,13-16,27H,3-6,11-12,17-18H2,1-2H3. The molecule has 1 N–H and O–H groups in total. The van der Waals surface area contributed by atoms with Gasteiger partial charge < -0.3 is 24.1 Å². The van der Waals surface area contributed by atoms with Crippen molar-refractivity contribution < 1.29 is 28.8 Å². The quantitative estimate of drug-likeness (QED) is 0.181. The van der Waals surface area contributed by atoms with Gasteiger partial charge in [-0.25, -0.2) is 4.79 Å². The Hall–Kier alpha value is -2.70. The second-order valence-corrected chi connectivity index (χ2v) is 7.53. The highest BCUT2D eigenvalue weighted by Gasteiger charge is 2.08. The molecule has 0 saturated heterocycles. The Bertz CT molecular complexity index is 881. The van der Waals surface area contributed by atoms with Gasteiger partial charge in [-0.1, -0.05) is 18.9 Å². The molecule has 6 nitrogen and oxygen atoms in total. The molecule has 7 heteroatoms. The average molecular weight is 463 g/mol. The number of hydrogen-bond acceptors (Lipinski definition) is 6. The summed E-state index contributed by atoms with van der Waals surface area (Å²) in [7, 11) is 2.89. The van der Waals surface area contributed by atoms with Crippen molar-refractivity contribution in [3.05, 3.63) is 59.2 Å². The summed E-state index contributed by atoms with van der Waals surface area (Å²) in [4.78, 5) is 11.3. The number of aliphatic hydroxyl groups is 1. The molecule has 0 heterocycles. The number of aliphatic hydroxyl groups excluding tert-OH is 1. The van der Waals surface area contributed by atoms with Crippen molar-refractivity contribution in [2.24, 2.45) is 0 Å². The Morgan fingerprint density at radius 2 is 1.75 bits per heavy atom. The van der Waals surface area contributed by atoms with Crippen molar-refractivity contribution in [2.75, 3.05) is 26.7 Å². The fourth-order valence-electron chi connectivity index (χ4n) is 3.03. The minimum atomic E-state index is -0.429. The Kier molecular flexibility index (Phi) is 11.5. The number of carbonyl (C=O) groups excluding carboxylic acids is 1. The fraction of sp³-hybridized carbons (Fsp3) is 0.400. The number of benzene rings is 2. The Labute approximate surface area is 194 Å². The van der Waals surface area contributed by atoms with E-state index in [2.05, 4.69) is 4.74 Å². The van der Waals surface area contributed by atoms with Crippen LogP contribution in [0.1, 0.15) is 42.4 Å². The van der Waals surface area contributed by atoms with Crippen LogP contribution in [0.4, 0.5) is 0 Å². The van der Waals surface area contributed by atoms with E-state index in [1.165, 1.54) is 13.2 Å². The minimum Gasteiger partial charge on any atom is -0.494 e. The number of alkyl halides is 1. The zero-order valence-corrected chi connectivity index (χ0v) is 19.4. The smallest absolute Gasteiger partial charge is 0.330 e. The van der Waals surface area contributed by atoms with E-state index in [0.717, 1.165) is 42.4 Å². The summed E-state index contributed by atoms with van der Waals surface area (Å²) in [5.74, 6) is 2.09. The molecule has 174 valence electrons. The minimum absolute atomic E-state index is 0.0789. The van der Waals surface area contributed by atoms with Crippen molar-refractivity contribution in [3.8, 4) is 17.2 Å². The largest absolute Gasteiger partial charge is 0.494 e. The zero-order valence-electron chi connectivity index (χ0n) is 18.6. The van der Waals surface area contributed by atoms with E-state index in [0.29, 0.717) is 29.7 Å². The van der Waals surface area contributed by atoms with E-state index < -0.39 is 5.97 Å². The molecule has 0 radical (unpaired) electrons. The van der Waals surface area contributed by atoms with Crippen molar-refractivity contribution in [1.82, 2.24) is 0 Å². The second kappa shape index (κ2) is 14.4. The van der Waals surface area contributed by atoms with Gasteiger partial charge in [0.2, 0.25) is 0 Å². The SMILES string of the molecule is COC(=O)C=Cc1ccc(OCc2cc(CO)cc(OCCCCCCCl)c2)c(OC)c1. The van der Waals surface area contributed by atoms with Gasteiger partial charge in [0, 0.05) is 12.0 Å². The van der Waals surface area contributed by atoms with Crippen LogP contribution in [-0.2, 0) is 22.7 Å². The number of methoxy groups -OCH3 is 2. The average Bonchev–Trinajstić information content (AvgIpc) is 2.83. The maximum atomic E-state index is 11.3. The molecule has 0 fully saturated rings. The van der Waals surface area contributed by atoms with Crippen LogP contribution in [0, 0.1) is 0 Å². The molecule has 0 atom stereocenters. The molecule has 2 aromatic rings. The predicted octanol–water partition coefficient (Wildman–Crippen LogP) is 5.13. The highest BCUT2D eigenvalue weighted by Crippen LogP contribution is 2.30. The van der Waals surface area contributed by atoms with Crippen LogP contribution in [0.25, 0.3) is 6.08 Å². The normalized spacial score (nSPS) is 10.9. The molecular weight excluding hydrogens is 432 g/mol. The van der Waals surface area contributed by atoms with Crippen molar-refractivity contribution >= 4 is 23.6 Å². The van der Waals surface area contributed by atoms with Crippen LogP contribution in [0.15, 0.2) is 42.5 Å². The molecule has 0 aliphatic carbocycles. The van der Waals surface area contributed by atoms with Gasteiger partial charge in [0.1, 0.15) is 12.4 Å². The predicted molar refractivity (Wildman–Crippen MR) is 125 cm³/mol. The number of halogens is 1. The summed E-state index contributed by atoms with van der Waals surface area (Å²) >= 11 is 5.70. The number of hydrogen-bond donors (Lipinski definition) is 1. The third kappa shape index (κ3) is 8.81. The first kappa shape index (κ1) is 25.6. The van der Waals surface area contributed by atoms with Gasteiger partial charge in [0.05, 0.1) is 27.4 Å². The van der Waals surface area contributed by atoms with Crippen molar-refractivity contribution in [1.29, 1.82) is 0 Å². The van der Waals surface area contributed by atoms with Crippen LogP contribution >= 0.6 is 11.6 Å². The lowest BCUT2D eigenvalue weighted by Gasteiger charge is -2.14. The third-order valence-corrected chi connectivity index (χ3v) is 4.97. The van der Waals surface area contributed by atoms with E-state index in [-0.39, 0.29) is 13.2 Å². The van der Waals surface area contributed by atoms with Crippen LogP contribution in [0.3, 0.4) is 0 Å². The third-order valence-electron chi connectivity index (χ3n) is 4.70. The maximum Gasteiger partial charge on any atom is 0.330 e. The van der Waals surface area contributed by atoms with Gasteiger partial charge in [-0.15, -0.1) is 11.6 Å². The van der Waals surface area contributed by atoms with E-state index >= 15 is 0 Å². The molecule has 0 spiro atoms. The number of esters is 1. The van der Waals surface area contributed by atoms with Gasteiger partial charge in [0.15, 0.2) is 11.5 Å². The summed E-state index contributed by atoms with van der Waals surface area (Å²) in [6, 6.07) is 11.0. The fourth-order valence-corrected chi connectivity index (χ4v) is 3.22. The van der Waals surface area contributed by atoms with Crippen LogP contribution in [0.2, 0.25) is 0 Å². The Balaban J connectivity index is 2.01. The molecular formula is C25H31ClO6. The van der Waals surface area contributed by atoms with Gasteiger partial charge in [0.25, 0.3) is 0 Å². The molecule has 0 aliphatic heterocycles. The summed E-state index contributed by atoms with van der Waals surface area (Å²) in [5, 5.41) is 9.59. The Morgan fingerprint density at radius 1 is 0.969 bits per heavy atom. The first-order valence-electron chi connectivity index (χ1n) is 10.6. The number of rotatable bonds is 14. The molecule has 0 amide bonds. The van der Waals surface area contributed by atoms with E-state index in [9.17, 15) is 9.90 Å².